The zero-order valence-electron chi connectivity index (χ0n) is 15.5. The number of hydrogen-bond acceptors (Lipinski definition) is 4. The second kappa shape index (κ2) is 7.54. The van der Waals surface area contributed by atoms with E-state index in [2.05, 4.69) is 24.0 Å². The van der Waals surface area contributed by atoms with E-state index in [9.17, 15) is 9.59 Å². The van der Waals surface area contributed by atoms with Crippen LogP contribution in [0.3, 0.4) is 0 Å². The van der Waals surface area contributed by atoms with Gasteiger partial charge in [0.1, 0.15) is 12.2 Å². The van der Waals surface area contributed by atoms with Crippen molar-refractivity contribution in [1.82, 2.24) is 24.6 Å². The molecule has 0 aromatic carbocycles. The standard InChI is InChI=1S/C18H29N5O2/c1-4-5-13(2)23-11-15(10-16(23)24)18(25)22-8-6-14(7-9-22)17-20-19-12-21(17)3/h12-15H,4-11H2,1-3H3/t13-,15-/m1/s1. The largest absolute Gasteiger partial charge is 0.342 e. The first-order chi connectivity index (χ1) is 12.0. The predicted molar refractivity (Wildman–Crippen MR) is 93.7 cm³/mol. The number of aryl methyl sites for hydroxylation is 1. The lowest BCUT2D eigenvalue weighted by atomic mass is 9.94. The minimum absolute atomic E-state index is 0.133. The van der Waals surface area contributed by atoms with Gasteiger partial charge in [0, 0.05) is 45.1 Å². The zero-order valence-corrected chi connectivity index (χ0v) is 15.5. The van der Waals surface area contributed by atoms with Gasteiger partial charge in [-0.3, -0.25) is 9.59 Å². The van der Waals surface area contributed by atoms with Gasteiger partial charge in [-0.15, -0.1) is 10.2 Å². The fourth-order valence-electron chi connectivity index (χ4n) is 4.17. The number of nitrogens with zero attached hydrogens (tertiary/aromatic N) is 5. The highest BCUT2D eigenvalue weighted by Gasteiger charge is 2.39. The van der Waals surface area contributed by atoms with Gasteiger partial charge in [-0.25, -0.2) is 0 Å². The van der Waals surface area contributed by atoms with Crippen LogP contribution in [-0.2, 0) is 16.6 Å². The normalized spacial score (nSPS) is 23.3. The van der Waals surface area contributed by atoms with Crippen LogP contribution in [0.4, 0.5) is 0 Å². The third-order valence-electron chi connectivity index (χ3n) is 5.66. The minimum atomic E-state index is -0.168. The highest BCUT2D eigenvalue weighted by molar-refractivity contribution is 5.89. The fraction of sp³-hybridized carbons (Fsp3) is 0.778. The first-order valence-corrected chi connectivity index (χ1v) is 9.43. The van der Waals surface area contributed by atoms with Crippen molar-refractivity contribution in [2.24, 2.45) is 13.0 Å². The second-order valence-corrected chi connectivity index (χ2v) is 7.48. The Morgan fingerprint density at radius 2 is 2.08 bits per heavy atom. The minimum Gasteiger partial charge on any atom is -0.342 e. The summed E-state index contributed by atoms with van der Waals surface area (Å²) < 4.78 is 1.96. The molecule has 2 saturated heterocycles. The lowest BCUT2D eigenvalue weighted by molar-refractivity contribution is -0.136. The van der Waals surface area contributed by atoms with Crippen molar-refractivity contribution in [3.05, 3.63) is 12.2 Å². The first kappa shape index (κ1) is 17.9. The van der Waals surface area contributed by atoms with Gasteiger partial charge < -0.3 is 14.4 Å². The Morgan fingerprint density at radius 1 is 1.36 bits per heavy atom. The van der Waals surface area contributed by atoms with Crippen LogP contribution in [0.1, 0.15) is 57.7 Å². The summed E-state index contributed by atoms with van der Waals surface area (Å²) >= 11 is 0. The summed E-state index contributed by atoms with van der Waals surface area (Å²) in [6.45, 7) is 6.28. The molecule has 0 bridgehead atoms. The maximum Gasteiger partial charge on any atom is 0.227 e. The number of rotatable bonds is 5. The molecule has 138 valence electrons. The molecule has 2 aliphatic rings. The topological polar surface area (TPSA) is 71.3 Å². The Bertz CT molecular complexity index is 621. The van der Waals surface area contributed by atoms with E-state index in [0.29, 0.717) is 18.9 Å². The fourth-order valence-corrected chi connectivity index (χ4v) is 4.17. The lowest BCUT2D eigenvalue weighted by Crippen LogP contribution is -2.43. The van der Waals surface area contributed by atoms with Gasteiger partial charge in [0.2, 0.25) is 11.8 Å². The number of hydrogen-bond donors (Lipinski definition) is 0. The molecule has 2 atom stereocenters. The molecule has 2 fully saturated rings. The zero-order chi connectivity index (χ0) is 18.0. The summed E-state index contributed by atoms with van der Waals surface area (Å²) in [4.78, 5) is 29.0. The van der Waals surface area contributed by atoms with E-state index in [0.717, 1.165) is 44.6 Å². The van der Waals surface area contributed by atoms with Crippen LogP contribution in [0.15, 0.2) is 6.33 Å². The summed E-state index contributed by atoms with van der Waals surface area (Å²) in [5.74, 6) is 1.48. The van der Waals surface area contributed by atoms with Gasteiger partial charge in [-0.1, -0.05) is 13.3 Å². The van der Waals surface area contributed by atoms with E-state index >= 15 is 0 Å². The molecule has 25 heavy (non-hydrogen) atoms. The van der Waals surface area contributed by atoms with Crippen molar-refractivity contribution >= 4 is 11.8 Å². The molecule has 3 rings (SSSR count). The van der Waals surface area contributed by atoms with Crippen LogP contribution in [-0.4, -0.2) is 62.1 Å². The molecule has 3 heterocycles. The summed E-state index contributed by atoms with van der Waals surface area (Å²) in [5.41, 5.74) is 0. The van der Waals surface area contributed by atoms with Crippen LogP contribution >= 0.6 is 0 Å². The van der Waals surface area contributed by atoms with E-state index in [4.69, 9.17) is 0 Å². The molecule has 1 aromatic rings. The van der Waals surface area contributed by atoms with Gasteiger partial charge in [0.25, 0.3) is 0 Å². The van der Waals surface area contributed by atoms with Gasteiger partial charge >= 0.3 is 0 Å². The highest BCUT2D eigenvalue weighted by atomic mass is 16.2. The second-order valence-electron chi connectivity index (χ2n) is 7.48. The lowest BCUT2D eigenvalue weighted by Gasteiger charge is -2.33. The molecule has 0 unspecified atom stereocenters. The maximum absolute atomic E-state index is 12.8. The van der Waals surface area contributed by atoms with E-state index in [-0.39, 0.29) is 23.8 Å². The van der Waals surface area contributed by atoms with Crippen molar-refractivity contribution in [2.45, 2.75) is 57.9 Å². The number of amides is 2. The van der Waals surface area contributed by atoms with Crippen LogP contribution in [0.5, 0.6) is 0 Å². The Morgan fingerprint density at radius 3 is 2.68 bits per heavy atom. The quantitative estimate of drug-likeness (QED) is 0.810. The summed E-state index contributed by atoms with van der Waals surface area (Å²) in [6, 6.07) is 0.233. The molecule has 2 amide bonds. The Labute approximate surface area is 149 Å². The summed E-state index contributed by atoms with van der Waals surface area (Å²) in [6.07, 6.45) is 5.97. The van der Waals surface area contributed by atoms with Crippen molar-refractivity contribution in [1.29, 1.82) is 0 Å². The van der Waals surface area contributed by atoms with Crippen LogP contribution in [0, 0.1) is 5.92 Å². The van der Waals surface area contributed by atoms with E-state index in [1.807, 2.05) is 21.4 Å². The average molecular weight is 347 g/mol. The first-order valence-electron chi connectivity index (χ1n) is 9.43. The molecule has 0 radical (unpaired) electrons. The smallest absolute Gasteiger partial charge is 0.227 e. The highest BCUT2D eigenvalue weighted by Crippen LogP contribution is 2.29. The molecule has 0 spiro atoms. The molecule has 1 aromatic heterocycles. The number of aromatic nitrogens is 3. The van der Waals surface area contributed by atoms with E-state index in [1.165, 1.54) is 0 Å². The van der Waals surface area contributed by atoms with Crippen molar-refractivity contribution in [2.75, 3.05) is 19.6 Å². The van der Waals surface area contributed by atoms with Crippen LogP contribution < -0.4 is 0 Å². The van der Waals surface area contributed by atoms with Crippen molar-refractivity contribution < 1.29 is 9.59 Å². The Hall–Kier alpha value is -1.92. The third kappa shape index (κ3) is 3.70. The van der Waals surface area contributed by atoms with Gasteiger partial charge in [-0.2, -0.15) is 0 Å². The average Bonchev–Trinajstić information content (AvgIpc) is 3.20. The van der Waals surface area contributed by atoms with Crippen LogP contribution in [0.2, 0.25) is 0 Å². The monoisotopic (exact) mass is 347 g/mol. The summed E-state index contributed by atoms with van der Waals surface area (Å²) in [7, 11) is 1.96. The summed E-state index contributed by atoms with van der Waals surface area (Å²) in [5, 5.41) is 8.15. The predicted octanol–water partition coefficient (Wildman–Crippen LogP) is 1.56. The Kier molecular flexibility index (Phi) is 5.39. The molecular formula is C18H29N5O2. The maximum atomic E-state index is 12.8. The number of carbonyl (C=O) groups is 2. The van der Waals surface area contributed by atoms with Crippen molar-refractivity contribution in [3.63, 3.8) is 0 Å². The molecular weight excluding hydrogens is 318 g/mol. The molecule has 7 nitrogen and oxygen atoms in total. The molecule has 0 N–H and O–H groups in total. The number of piperidine rings is 1. The SMILES string of the molecule is CCC[C@@H](C)N1C[C@H](C(=O)N2CCC(c3nncn3C)CC2)CC1=O. The molecule has 0 saturated carbocycles. The number of carbonyl (C=O) groups excluding carboxylic acids is 2. The van der Waals surface area contributed by atoms with E-state index < -0.39 is 0 Å². The van der Waals surface area contributed by atoms with Crippen molar-refractivity contribution in [3.8, 4) is 0 Å². The number of likely N-dealkylation sites (tertiary alicyclic amines) is 2. The third-order valence-corrected chi connectivity index (χ3v) is 5.66. The molecule has 7 heteroatoms. The molecule has 2 aliphatic heterocycles. The Balaban J connectivity index is 1.55. The molecule has 0 aliphatic carbocycles. The van der Waals surface area contributed by atoms with Gasteiger partial charge in [0.05, 0.1) is 5.92 Å². The van der Waals surface area contributed by atoms with E-state index in [1.54, 1.807) is 6.33 Å². The van der Waals surface area contributed by atoms with Gasteiger partial charge in [0.15, 0.2) is 0 Å². The van der Waals surface area contributed by atoms with Crippen LogP contribution in [0.25, 0.3) is 0 Å². The van der Waals surface area contributed by atoms with Gasteiger partial charge in [-0.05, 0) is 26.2 Å².